The maximum absolute atomic E-state index is 11.8. The van der Waals surface area contributed by atoms with Gasteiger partial charge in [-0.05, 0) is 43.5 Å². The van der Waals surface area contributed by atoms with E-state index < -0.39 is 0 Å². The smallest absolute Gasteiger partial charge is 0.259 e. The third-order valence-corrected chi connectivity index (χ3v) is 3.57. The molecule has 4 nitrogen and oxygen atoms in total. The molecule has 0 aliphatic carbocycles. The van der Waals surface area contributed by atoms with Crippen molar-refractivity contribution in [3.8, 4) is 0 Å². The van der Waals surface area contributed by atoms with Gasteiger partial charge < -0.3 is 5.32 Å². The molecular weight excluding hydrogens is 216 g/mol. The lowest BCUT2D eigenvalue weighted by atomic mass is 9.86. The van der Waals surface area contributed by atoms with Gasteiger partial charge in [-0.15, -0.1) is 0 Å². The quantitative estimate of drug-likeness (QED) is 0.709. The number of hydrogen-bond donors (Lipinski definition) is 2. The molecule has 4 heteroatoms. The van der Waals surface area contributed by atoms with Gasteiger partial charge >= 0.3 is 0 Å². The highest BCUT2D eigenvalue weighted by atomic mass is 16.2. The third kappa shape index (κ3) is 1.65. The molecule has 2 amide bonds. The Morgan fingerprint density at radius 3 is 2.59 bits per heavy atom. The van der Waals surface area contributed by atoms with Crippen LogP contribution in [0.4, 0.5) is 0 Å². The molecule has 0 saturated carbocycles. The number of imide groups is 1. The van der Waals surface area contributed by atoms with E-state index in [1.807, 2.05) is 12.1 Å². The minimum Gasteiger partial charge on any atom is -0.317 e. The predicted molar refractivity (Wildman–Crippen MR) is 63.1 cm³/mol. The van der Waals surface area contributed by atoms with Gasteiger partial charge in [0, 0.05) is 0 Å². The van der Waals surface area contributed by atoms with Crippen LogP contribution in [0.3, 0.4) is 0 Å². The van der Waals surface area contributed by atoms with Crippen LogP contribution in [-0.4, -0.2) is 24.9 Å². The summed E-state index contributed by atoms with van der Waals surface area (Å²) in [7, 11) is 0. The van der Waals surface area contributed by atoms with Gasteiger partial charge in [0.2, 0.25) is 0 Å². The van der Waals surface area contributed by atoms with Crippen LogP contribution < -0.4 is 10.6 Å². The third-order valence-electron chi connectivity index (χ3n) is 3.57. The van der Waals surface area contributed by atoms with E-state index in [9.17, 15) is 9.59 Å². The summed E-state index contributed by atoms with van der Waals surface area (Å²) >= 11 is 0. The molecule has 0 aromatic heterocycles. The number of carbonyl (C=O) groups excluding carboxylic acids is 2. The van der Waals surface area contributed by atoms with Crippen LogP contribution >= 0.6 is 0 Å². The van der Waals surface area contributed by atoms with Crippen molar-refractivity contribution >= 4 is 11.8 Å². The Morgan fingerprint density at radius 2 is 1.82 bits per heavy atom. The van der Waals surface area contributed by atoms with Crippen LogP contribution in [0.15, 0.2) is 18.2 Å². The van der Waals surface area contributed by atoms with Crippen LogP contribution in [0, 0.1) is 0 Å². The first kappa shape index (κ1) is 10.5. The fourth-order valence-electron chi connectivity index (χ4n) is 2.72. The number of hydrogen-bond acceptors (Lipinski definition) is 3. The summed E-state index contributed by atoms with van der Waals surface area (Å²) in [6.07, 6.45) is 2.05. The molecule has 1 aromatic rings. The summed E-state index contributed by atoms with van der Waals surface area (Å²) in [5, 5.41) is 5.67. The Kier molecular flexibility index (Phi) is 2.44. The van der Waals surface area contributed by atoms with Crippen molar-refractivity contribution in [2.75, 3.05) is 13.1 Å². The van der Waals surface area contributed by atoms with Crippen LogP contribution in [-0.2, 0) is 0 Å². The molecule has 0 unspecified atom stereocenters. The van der Waals surface area contributed by atoms with E-state index in [0.717, 1.165) is 31.5 Å². The monoisotopic (exact) mass is 230 g/mol. The van der Waals surface area contributed by atoms with Gasteiger partial charge in [0.1, 0.15) is 0 Å². The topological polar surface area (TPSA) is 58.2 Å². The Morgan fingerprint density at radius 1 is 1.06 bits per heavy atom. The zero-order chi connectivity index (χ0) is 11.8. The first-order valence-corrected chi connectivity index (χ1v) is 5.96. The van der Waals surface area contributed by atoms with Crippen molar-refractivity contribution in [1.82, 2.24) is 10.6 Å². The number of benzene rings is 1. The van der Waals surface area contributed by atoms with Crippen molar-refractivity contribution < 1.29 is 9.59 Å². The lowest BCUT2D eigenvalue weighted by Gasteiger charge is -2.24. The molecule has 2 aliphatic heterocycles. The molecule has 0 atom stereocenters. The van der Waals surface area contributed by atoms with Crippen molar-refractivity contribution in [2.24, 2.45) is 0 Å². The van der Waals surface area contributed by atoms with E-state index in [4.69, 9.17) is 0 Å². The Hall–Kier alpha value is -1.68. The average Bonchev–Trinajstić information content (AvgIpc) is 2.66. The van der Waals surface area contributed by atoms with Crippen LogP contribution in [0.2, 0.25) is 0 Å². The van der Waals surface area contributed by atoms with E-state index >= 15 is 0 Å². The predicted octanol–water partition coefficient (Wildman–Crippen LogP) is 1.04. The second-order valence-electron chi connectivity index (χ2n) is 4.58. The molecule has 0 bridgehead atoms. The molecule has 17 heavy (non-hydrogen) atoms. The number of carbonyl (C=O) groups is 2. The van der Waals surface area contributed by atoms with E-state index in [1.54, 1.807) is 6.07 Å². The number of amides is 2. The lowest BCUT2D eigenvalue weighted by molar-refractivity contribution is 0.0879. The largest absolute Gasteiger partial charge is 0.317 e. The van der Waals surface area contributed by atoms with Gasteiger partial charge in [0.25, 0.3) is 11.8 Å². The summed E-state index contributed by atoms with van der Waals surface area (Å²) in [6, 6.07) is 5.57. The minimum atomic E-state index is -0.263. The second kappa shape index (κ2) is 3.96. The highest BCUT2D eigenvalue weighted by molar-refractivity contribution is 6.22. The molecule has 0 spiro atoms. The summed E-state index contributed by atoms with van der Waals surface area (Å²) in [6.45, 7) is 1.95. The summed E-state index contributed by atoms with van der Waals surface area (Å²) < 4.78 is 0. The normalized spacial score (nSPS) is 20.2. The van der Waals surface area contributed by atoms with Crippen molar-refractivity contribution in [1.29, 1.82) is 0 Å². The average molecular weight is 230 g/mol. The molecule has 1 fully saturated rings. The maximum Gasteiger partial charge on any atom is 0.259 e. The molecule has 1 aromatic carbocycles. The van der Waals surface area contributed by atoms with Gasteiger partial charge in [0.15, 0.2) is 0 Å². The number of piperidine rings is 1. The Balaban J connectivity index is 2.06. The van der Waals surface area contributed by atoms with Gasteiger partial charge in [-0.2, -0.15) is 0 Å². The van der Waals surface area contributed by atoms with Crippen molar-refractivity contribution in [3.05, 3.63) is 34.9 Å². The van der Waals surface area contributed by atoms with E-state index in [2.05, 4.69) is 10.6 Å². The highest BCUT2D eigenvalue weighted by Crippen LogP contribution is 2.31. The second-order valence-corrected chi connectivity index (χ2v) is 4.58. The van der Waals surface area contributed by atoms with Gasteiger partial charge in [-0.25, -0.2) is 0 Å². The molecule has 0 radical (unpaired) electrons. The van der Waals surface area contributed by atoms with E-state index in [1.165, 1.54) is 0 Å². The molecule has 1 saturated heterocycles. The summed E-state index contributed by atoms with van der Waals surface area (Å²) in [4.78, 5) is 23.4. The summed E-state index contributed by atoms with van der Waals surface area (Å²) in [5.74, 6) is -0.109. The minimum absolute atomic E-state index is 0.237. The lowest BCUT2D eigenvalue weighted by Crippen LogP contribution is -2.27. The maximum atomic E-state index is 11.8. The molecule has 3 rings (SSSR count). The number of rotatable bonds is 1. The molecule has 88 valence electrons. The number of fused-ring (bicyclic) bond motifs is 1. The molecular formula is C13H14N2O2. The Bertz CT molecular complexity index is 490. The van der Waals surface area contributed by atoms with Gasteiger partial charge in [-0.1, -0.05) is 12.1 Å². The van der Waals surface area contributed by atoms with Gasteiger partial charge in [0.05, 0.1) is 11.1 Å². The SMILES string of the molecule is O=C1NC(=O)c2c1cccc2C1CCNCC1. The first-order chi connectivity index (χ1) is 8.27. The highest BCUT2D eigenvalue weighted by Gasteiger charge is 2.31. The fourth-order valence-corrected chi connectivity index (χ4v) is 2.72. The zero-order valence-electron chi connectivity index (χ0n) is 9.45. The standard InChI is InChI=1S/C13H14N2O2/c16-12-10-3-1-2-9(11(10)13(17)15-12)8-4-6-14-7-5-8/h1-3,8,14H,4-7H2,(H,15,16,17). The van der Waals surface area contributed by atoms with Crippen LogP contribution in [0.1, 0.15) is 45.0 Å². The van der Waals surface area contributed by atoms with Crippen molar-refractivity contribution in [3.63, 3.8) is 0 Å². The zero-order valence-corrected chi connectivity index (χ0v) is 9.45. The van der Waals surface area contributed by atoms with E-state index in [-0.39, 0.29) is 11.8 Å². The Labute approximate surface area is 99.4 Å². The molecule has 2 N–H and O–H groups in total. The fraction of sp³-hybridized carbons (Fsp3) is 0.385. The molecule has 2 heterocycles. The van der Waals surface area contributed by atoms with Crippen LogP contribution in [0.25, 0.3) is 0 Å². The first-order valence-electron chi connectivity index (χ1n) is 5.96. The summed E-state index contributed by atoms with van der Waals surface area (Å²) in [5.41, 5.74) is 2.17. The molecule has 2 aliphatic rings. The number of nitrogens with one attached hydrogen (secondary N) is 2. The van der Waals surface area contributed by atoms with Gasteiger partial charge in [-0.3, -0.25) is 14.9 Å². The van der Waals surface area contributed by atoms with Crippen LogP contribution in [0.5, 0.6) is 0 Å². The van der Waals surface area contributed by atoms with Crippen molar-refractivity contribution in [2.45, 2.75) is 18.8 Å². The van der Waals surface area contributed by atoms with E-state index in [0.29, 0.717) is 17.0 Å².